The molecule has 6 heteroatoms. The van der Waals surface area contributed by atoms with E-state index in [-0.39, 0.29) is 18.6 Å². The van der Waals surface area contributed by atoms with Gasteiger partial charge in [0.05, 0.1) is 27.4 Å². The van der Waals surface area contributed by atoms with Crippen LogP contribution in [0.25, 0.3) is 0 Å². The van der Waals surface area contributed by atoms with Gasteiger partial charge in [0.15, 0.2) is 11.5 Å². The number of amides is 1. The highest BCUT2D eigenvalue weighted by molar-refractivity contribution is 5.68. The van der Waals surface area contributed by atoms with E-state index in [2.05, 4.69) is 35.6 Å². The molecule has 1 aliphatic carbocycles. The molecule has 0 radical (unpaired) electrons. The first-order chi connectivity index (χ1) is 19.7. The maximum Gasteiger partial charge on any atom is 0.407 e. The minimum absolute atomic E-state index is 0.121. The predicted molar refractivity (Wildman–Crippen MR) is 155 cm³/mol. The minimum atomic E-state index is -0.430. The van der Waals surface area contributed by atoms with E-state index >= 15 is 0 Å². The van der Waals surface area contributed by atoms with Crippen LogP contribution in [0.1, 0.15) is 45.7 Å². The molecule has 6 nitrogen and oxygen atoms in total. The van der Waals surface area contributed by atoms with Gasteiger partial charge in [-0.05, 0) is 58.4 Å². The number of benzene rings is 4. The number of methoxy groups -OCH3 is 2. The highest BCUT2D eigenvalue weighted by Crippen LogP contribution is 2.43. The van der Waals surface area contributed by atoms with Crippen LogP contribution in [0.3, 0.4) is 0 Å². The van der Waals surface area contributed by atoms with Crippen LogP contribution in [0.15, 0.2) is 97.1 Å². The number of alkyl carbamates (subject to hydrolysis) is 1. The average molecular weight is 538 g/mol. The summed E-state index contributed by atoms with van der Waals surface area (Å²) in [5.41, 5.74) is 6.54. The van der Waals surface area contributed by atoms with Crippen LogP contribution >= 0.6 is 0 Å². The standard InChI is InChI=1S/C34H35NO5/c1-37-31-19-26-17-18-30(35-34(36)40-22-25-13-7-4-8-14-25)33(29(26)20-32(31)38-2)28-16-10-9-15-27(28)23-39-21-24-11-5-3-6-12-24/h3-16,19-20,30,33H,17-18,21-23H2,1-2H3,(H,35,36)/t30-,33-/m1/s1. The molecule has 206 valence electrons. The molecular weight excluding hydrogens is 502 g/mol. The number of ether oxygens (including phenoxy) is 4. The van der Waals surface area contributed by atoms with Gasteiger partial charge >= 0.3 is 6.09 Å². The van der Waals surface area contributed by atoms with Crippen molar-refractivity contribution in [1.29, 1.82) is 0 Å². The van der Waals surface area contributed by atoms with Crippen molar-refractivity contribution in [3.05, 3.63) is 130 Å². The first kappa shape index (κ1) is 27.3. The Balaban J connectivity index is 1.43. The molecule has 2 atom stereocenters. The Hall–Kier alpha value is -4.29. The molecule has 4 aromatic rings. The number of hydrogen-bond acceptors (Lipinski definition) is 5. The molecule has 1 aliphatic rings. The zero-order chi connectivity index (χ0) is 27.7. The molecule has 1 N–H and O–H groups in total. The molecule has 0 saturated carbocycles. The molecule has 0 unspecified atom stereocenters. The predicted octanol–water partition coefficient (Wildman–Crippen LogP) is 6.79. The lowest BCUT2D eigenvalue weighted by Crippen LogP contribution is -2.42. The van der Waals surface area contributed by atoms with E-state index in [1.165, 1.54) is 5.56 Å². The number of nitrogens with one attached hydrogen (secondary N) is 1. The monoisotopic (exact) mass is 537 g/mol. The van der Waals surface area contributed by atoms with Crippen LogP contribution < -0.4 is 14.8 Å². The van der Waals surface area contributed by atoms with E-state index < -0.39 is 6.09 Å². The summed E-state index contributed by atoms with van der Waals surface area (Å²) in [6.45, 7) is 1.19. The van der Waals surface area contributed by atoms with Gasteiger partial charge in [-0.25, -0.2) is 4.79 Å². The van der Waals surface area contributed by atoms with Crippen LogP contribution in [0, 0.1) is 0 Å². The molecule has 0 bridgehead atoms. The quantitative estimate of drug-likeness (QED) is 0.241. The first-order valence-corrected chi connectivity index (χ1v) is 13.6. The highest BCUT2D eigenvalue weighted by Gasteiger charge is 2.34. The maximum atomic E-state index is 13.0. The third-order valence-electron chi connectivity index (χ3n) is 7.38. The Morgan fingerprint density at radius 2 is 1.38 bits per heavy atom. The summed E-state index contributed by atoms with van der Waals surface area (Å²) in [6, 6.07) is 32.1. The lowest BCUT2D eigenvalue weighted by molar-refractivity contribution is 0.106. The Labute approximate surface area is 235 Å². The van der Waals surface area contributed by atoms with Gasteiger partial charge in [-0.1, -0.05) is 84.9 Å². The topological polar surface area (TPSA) is 66.0 Å². The molecule has 1 amide bonds. The number of aryl methyl sites for hydroxylation is 1. The van der Waals surface area contributed by atoms with Crippen molar-refractivity contribution in [3.63, 3.8) is 0 Å². The van der Waals surface area contributed by atoms with Crippen molar-refractivity contribution < 1.29 is 23.7 Å². The maximum absolute atomic E-state index is 13.0. The molecule has 0 heterocycles. The lowest BCUT2D eigenvalue weighted by atomic mass is 9.74. The van der Waals surface area contributed by atoms with Gasteiger partial charge in [0.1, 0.15) is 6.61 Å². The molecule has 0 saturated heterocycles. The average Bonchev–Trinajstić information content (AvgIpc) is 3.00. The fourth-order valence-electron chi connectivity index (χ4n) is 5.42. The summed E-state index contributed by atoms with van der Waals surface area (Å²) in [6.07, 6.45) is 1.12. The zero-order valence-electron chi connectivity index (χ0n) is 23.0. The molecule has 5 rings (SSSR count). The molecule has 4 aromatic carbocycles. The van der Waals surface area contributed by atoms with E-state index in [1.54, 1.807) is 14.2 Å². The Morgan fingerprint density at radius 1 is 0.750 bits per heavy atom. The summed E-state index contributed by atoms with van der Waals surface area (Å²) in [4.78, 5) is 13.0. The van der Waals surface area contributed by atoms with Crippen molar-refractivity contribution in [1.82, 2.24) is 5.32 Å². The minimum Gasteiger partial charge on any atom is -0.493 e. The van der Waals surface area contributed by atoms with E-state index in [1.807, 2.05) is 66.7 Å². The third-order valence-corrected chi connectivity index (χ3v) is 7.38. The SMILES string of the molecule is COc1cc2c(cc1OC)[C@@H](c1ccccc1COCc1ccccc1)[C@H](NC(=O)OCc1ccccc1)CC2. The second-order valence-electron chi connectivity index (χ2n) is 9.91. The van der Waals surface area contributed by atoms with Gasteiger partial charge in [-0.3, -0.25) is 0 Å². The first-order valence-electron chi connectivity index (χ1n) is 13.6. The fraction of sp³-hybridized carbons (Fsp3) is 0.265. The van der Waals surface area contributed by atoms with Crippen molar-refractivity contribution in [3.8, 4) is 11.5 Å². The fourth-order valence-corrected chi connectivity index (χ4v) is 5.42. The largest absolute Gasteiger partial charge is 0.493 e. The van der Waals surface area contributed by atoms with Crippen LogP contribution in [-0.4, -0.2) is 26.4 Å². The summed E-state index contributed by atoms with van der Waals surface area (Å²) in [5.74, 6) is 1.24. The van der Waals surface area contributed by atoms with E-state index in [9.17, 15) is 4.79 Å². The number of carbonyl (C=O) groups is 1. The van der Waals surface area contributed by atoms with Gasteiger partial charge in [-0.15, -0.1) is 0 Å². The molecule has 0 aromatic heterocycles. The summed E-state index contributed by atoms with van der Waals surface area (Å²) < 4.78 is 23.0. The van der Waals surface area contributed by atoms with Gasteiger partial charge in [0.25, 0.3) is 0 Å². The van der Waals surface area contributed by atoms with Gasteiger partial charge in [0.2, 0.25) is 0 Å². The second-order valence-corrected chi connectivity index (χ2v) is 9.91. The van der Waals surface area contributed by atoms with Crippen molar-refractivity contribution in [2.24, 2.45) is 0 Å². The lowest BCUT2D eigenvalue weighted by Gasteiger charge is -2.36. The van der Waals surface area contributed by atoms with Gasteiger partial charge in [0, 0.05) is 12.0 Å². The molecule has 0 fully saturated rings. The molecular formula is C34H35NO5. The second kappa shape index (κ2) is 13.2. The third kappa shape index (κ3) is 6.46. The summed E-state index contributed by atoms with van der Waals surface area (Å²) in [7, 11) is 3.29. The molecule has 0 spiro atoms. The van der Waals surface area contributed by atoms with E-state index in [0.717, 1.165) is 40.7 Å². The van der Waals surface area contributed by atoms with Gasteiger partial charge in [-0.2, -0.15) is 0 Å². The Morgan fingerprint density at radius 3 is 2.08 bits per heavy atom. The zero-order valence-corrected chi connectivity index (χ0v) is 23.0. The van der Waals surface area contributed by atoms with Crippen LogP contribution in [0.5, 0.6) is 11.5 Å². The number of carbonyl (C=O) groups excluding carboxylic acids is 1. The summed E-state index contributed by atoms with van der Waals surface area (Å²) in [5, 5.41) is 3.18. The summed E-state index contributed by atoms with van der Waals surface area (Å²) >= 11 is 0. The van der Waals surface area contributed by atoms with E-state index in [4.69, 9.17) is 18.9 Å². The van der Waals surface area contributed by atoms with Crippen molar-refractivity contribution in [2.45, 2.75) is 44.6 Å². The van der Waals surface area contributed by atoms with Crippen LogP contribution in [0.4, 0.5) is 4.79 Å². The molecule has 40 heavy (non-hydrogen) atoms. The highest BCUT2D eigenvalue weighted by atomic mass is 16.5. The normalized spacial score (nSPS) is 16.1. The van der Waals surface area contributed by atoms with Gasteiger partial charge < -0.3 is 24.3 Å². The van der Waals surface area contributed by atoms with E-state index in [0.29, 0.717) is 24.7 Å². The molecule has 0 aliphatic heterocycles. The van der Waals surface area contributed by atoms with Crippen LogP contribution in [-0.2, 0) is 35.7 Å². The number of hydrogen-bond donors (Lipinski definition) is 1. The smallest absolute Gasteiger partial charge is 0.407 e. The Kier molecular flexibility index (Phi) is 8.99. The number of rotatable bonds is 10. The Bertz CT molecular complexity index is 1410. The van der Waals surface area contributed by atoms with Crippen LogP contribution in [0.2, 0.25) is 0 Å². The van der Waals surface area contributed by atoms with Crippen molar-refractivity contribution >= 4 is 6.09 Å². The van der Waals surface area contributed by atoms with Crippen molar-refractivity contribution in [2.75, 3.05) is 14.2 Å². The number of fused-ring (bicyclic) bond motifs is 1.